The molecule has 2 aromatic rings. The largest absolute Gasteiger partial charge is 0.352 e. The number of carbonyl (C=O) groups is 1. The van der Waals surface area contributed by atoms with E-state index in [1.165, 1.54) is 32.1 Å². The number of benzene rings is 1. The number of sulfonamides is 1. The maximum absolute atomic E-state index is 13.4. The lowest BCUT2D eigenvalue weighted by Gasteiger charge is -2.21. The maximum atomic E-state index is 13.4. The molecular formula is C26H38N4O3S. The second kappa shape index (κ2) is 11.0. The molecule has 1 aromatic heterocycles. The second-order valence-electron chi connectivity index (χ2n) is 9.89. The van der Waals surface area contributed by atoms with Gasteiger partial charge >= 0.3 is 0 Å². The summed E-state index contributed by atoms with van der Waals surface area (Å²) in [5.41, 5.74) is 2.84. The highest BCUT2D eigenvalue weighted by atomic mass is 32.2. The summed E-state index contributed by atoms with van der Waals surface area (Å²) in [5, 5.41) is 7.64. The Hall–Kier alpha value is -2.19. The molecule has 186 valence electrons. The topological polar surface area (TPSA) is 84.3 Å². The van der Waals surface area contributed by atoms with Crippen molar-refractivity contribution in [3.8, 4) is 0 Å². The van der Waals surface area contributed by atoms with Gasteiger partial charge in [0, 0.05) is 25.2 Å². The SMILES string of the molecule is Cc1nn(Cc2ccc(C(=O)NCC3CCCCC3)cc2)c(C)c1S(=O)(=O)N1CCCCCC1. The van der Waals surface area contributed by atoms with Crippen molar-refractivity contribution in [2.24, 2.45) is 5.92 Å². The normalized spacial score (nSPS) is 18.5. The van der Waals surface area contributed by atoms with Crippen LogP contribution in [0, 0.1) is 19.8 Å². The molecule has 0 bridgehead atoms. The minimum Gasteiger partial charge on any atom is -0.352 e. The first kappa shape index (κ1) is 24.9. The number of hydrogen-bond donors (Lipinski definition) is 1. The van der Waals surface area contributed by atoms with Crippen molar-refractivity contribution in [3.63, 3.8) is 0 Å². The molecule has 2 aliphatic rings. The summed E-state index contributed by atoms with van der Waals surface area (Å²) in [5.74, 6) is 0.567. The highest BCUT2D eigenvalue weighted by Crippen LogP contribution is 2.26. The predicted molar refractivity (Wildman–Crippen MR) is 133 cm³/mol. The summed E-state index contributed by atoms with van der Waals surface area (Å²) in [7, 11) is -3.55. The van der Waals surface area contributed by atoms with Gasteiger partial charge in [-0.05, 0) is 63.1 Å². The molecule has 0 spiro atoms. The lowest BCUT2D eigenvalue weighted by atomic mass is 9.89. The van der Waals surface area contributed by atoms with Crippen LogP contribution in [0.1, 0.15) is 85.1 Å². The minimum atomic E-state index is -3.55. The number of hydrogen-bond acceptors (Lipinski definition) is 4. The number of aromatic nitrogens is 2. The fourth-order valence-corrected chi connectivity index (χ4v) is 7.17. The highest BCUT2D eigenvalue weighted by molar-refractivity contribution is 7.89. The quantitative estimate of drug-likeness (QED) is 0.628. The van der Waals surface area contributed by atoms with E-state index in [9.17, 15) is 13.2 Å². The van der Waals surface area contributed by atoms with Crippen LogP contribution < -0.4 is 5.32 Å². The molecule has 2 fully saturated rings. The monoisotopic (exact) mass is 486 g/mol. The molecule has 8 heteroatoms. The number of amides is 1. The molecular weight excluding hydrogens is 448 g/mol. The molecule has 0 unspecified atom stereocenters. The molecule has 34 heavy (non-hydrogen) atoms. The third kappa shape index (κ3) is 5.71. The lowest BCUT2D eigenvalue weighted by Crippen LogP contribution is -2.32. The average molecular weight is 487 g/mol. The van der Waals surface area contributed by atoms with Crippen molar-refractivity contribution >= 4 is 15.9 Å². The Morgan fingerprint density at radius 1 is 0.971 bits per heavy atom. The van der Waals surface area contributed by atoms with Crippen molar-refractivity contribution in [3.05, 3.63) is 46.8 Å². The van der Waals surface area contributed by atoms with Crippen molar-refractivity contribution < 1.29 is 13.2 Å². The van der Waals surface area contributed by atoms with Crippen LogP contribution in [0.3, 0.4) is 0 Å². The molecule has 1 aliphatic heterocycles. The van der Waals surface area contributed by atoms with Crippen molar-refractivity contribution in [1.82, 2.24) is 19.4 Å². The molecule has 1 saturated carbocycles. The Labute approximate surface area is 204 Å². The van der Waals surface area contributed by atoms with Gasteiger partial charge in [0.1, 0.15) is 4.90 Å². The smallest absolute Gasteiger partial charge is 0.251 e. The van der Waals surface area contributed by atoms with E-state index in [0.717, 1.165) is 37.8 Å². The van der Waals surface area contributed by atoms with Crippen LogP contribution >= 0.6 is 0 Å². The van der Waals surface area contributed by atoms with Gasteiger partial charge in [0.2, 0.25) is 10.0 Å². The summed E-state index contributed by atoms with van der Waals surface area (Å²) < 4.78 is 30.1. The Balaban J connectivity index is 1.42. The Morgan fingerprint density at radius 3 is 2.24 bits per heavy atom. The number of nitrogens with zero attached hydrogens (tertiary/aromatic N) is 3. The molecule has 0 atom stereocenters. The highest BCUT2D eigenvalue weighted by Gasteiger charge is 2.31. The molecule has 1 saturated heterocycles. The summed E-state index contributed by atoms with van der Waals surface area (Å²) in [6.45, 7) is 5.98. The Bertz CT molecular complexity index is 1080. The summed E-state index contributed by atoms with van der Waals surface area (Å²) >= 11 is 0. The fraction of sp³-hybridized carbons (Fsp3) is 0.615. The number of nitrogens with one attached hydrogen (secondary N) is 1. The van der Waals surface area contributed by atoms with E-state index in [1.807, 2.05) is 31.2 Å². The van der Waals surface area contributed by atoms with Gasteiger partial charge in [-0.25, -0.2) is 8.42 Å². The van der Waals surface area contributed by atoms with E-state index >= 15 is 0 Å². The molecule has 2 heterocycles. The van der Waals surface area contributed by atoms with E-state index in [0.29, 0.717) is 47.4 Å². The third-order valence-corrected chi connectivity index (χ3v) is 9.45. The summed E-state index contributed by atoms with van der Waals surface area (Å²) in [4.78, 5) is 12.9. The molecule has 1 aromatic carbocycles. The first-order chi connectivity index (χ1) is 16.4. The molecule has 1 N–H and O–H groups in total. The standard InChI is InChI=1S/C26H38N4O3S/c1-20-25(34(32,33)29-16-8-3-4-9-17-29)21(2)30(28-20)19-23-12-14-24(15-13-23)26(31)27-18-22-10-6-5-7-11-22/h12-15,22H,3-11,16-19H2,1-2H3,(H,27,31). The number of rotatable bonds is 7. The van der Waals surface area contributed by atoms with Crippen LogP contribution in [0.2, 0.25) is 0 Å². The number of aryl methyl sites for hydroxylation is 1. The maximum Gasteiger partial charge on any atom is 0.251 e. The van der Waals surface area contributed by atoms with Crippen LogP contribution in [0.4, 0.5) is 0 Å². The zero-order valence-electron chi connectivity index (χ0n) is 20.6. The average Bonchev–Trinajstić information content (AvgIpc) is 3.01. The van der Waals surface area contributed by atoms with Crippen LogP contribution in [-0.2, 0) is 16.6 Å². The van der Waals surface area contributed by atoms with E-state index in [2.05, 4.69) is 10.4 Å². The zero-order valence-corrected chi connectivity index (χ0v) is 21.4. The van der Waals surface area contributed by atoms with Crippen molar-refractivity contribution in [2.45, 2.75) is 83.1 Å². The molecule has 4 rings (SSSR count). The molecule has 1 amide bonds. The van der Waals surface area contributed by atoms with Gasteiger partial charge < -0.3 is 5.32 Å². The van der Waals surface area contributed by atoms with E-state index in [1.54, 1.807) is 15.9 Å². The predicted octanol–water partition coefficient (Wildman–Crippen LogP) is 4.42. The minimum absolute atomic E-state index is 0.0333. The van der Waals surface area contributed by atoms with Crippen LogP contribution in [0.15, 0.2) is 29.2 Å². The molecule has 7 nitrogen and oxygen atoms in total. The van der Waals surface area contributed by atoms with Crippen LogP contribution in [0.5, 0.6) is 0 Å². The van der Waals surface area contributed by atoms with E-state index < -0.39 is 10.0 Å². The first-order valence-corrected chi connectivity index (χ1v) is 14.2. The zero-order chi connectivity index (χ0) is 24.1. The Morgan fingerprint density at radius 2 is 1.59 bits per heavy atom. The van der Waals surface area contributed by atoms with Gasteiger partial charge in [-0.1, -0.05) is 44.2 Å². The van der Waals surface area contributed by atoms with Gasteiger partial charge in [-0.2, -0.15) is 9.40 Å². The number of carbonyl (C=O) groups excluding carboxylic acids is 1. The van der Waals surface area contributed by atoms with Crippen molar-refractivity contribution in [1.29, 1.82) is 0 Å². The lowest BCUT2D eigenvalue weighted by molar-refractivity contribution is 0.0943. The van der Waals surface area contributed by atoms with Gasteiger partial charge in [0.15, 0.2) is 0 Å². The first-order valence-electron chi connectivity index (χ1n) is 12.8. The Kier molecular flexibility index (Phi) is 8.09. The molecule has 0 radical (unpaired) electrons. The second-order valence-corrected chi connectivity index (χ2v) is 11.8. The van der Waals surface area contributed by atoms with Gasteiger partial charge in [0.25, 0.3) is 5.91 Å². The summed E-state index contributed by atoms with van der Waals surface area (Å²) in [6, 6.07) is 7.53. The third-order valence-electron chi connectivity index (χ3n) is 7.30. The fourth-order valence-electron chi connectivity index (χ4n) is 5.28. The van der Waals surface area contributed by atoms with E-state index in [4.69, 9.17) is 0 Å². The summed E-state index contributed by atoms with van der Waals surface area (Å²) in [6.07, 6.45) is 10.2. The van der Waals surface area contributed by atoms with Crippen LogP contribution in [-0.4, -0.2) is 48.0 Å². The molecule has 1 aliphatic carbocycles. The van der Waals surface area contributed by atoms with Gasteiger partial charge in [-0.15, -0.1) is 0 Å². The van der Waals surface area contributed by atoms with Crippen molar-refractivity contribution in [2.75, 3.05) is 19.6 Å². The van der Waals surface area contributed by atoms with Gasteiger partial charge in [-0.3, -0.25) is 9.48 Å². The van der Waals surface area contributed by atoms with E-state index in [-0.39, 0.29) is 5.91 Å². The van der Waals surface area contributed by atoms with Crippen LogP contribution in [0.25, 0.3) is 0 Å². The van der Waals surface area contributed by atoms with Gasteiger partial charge in [0.05, 0.1) is 17.9 Å².